The number of nitrogens with zero attached hydrogens (tertiary/aromatic N) is 6. The Hall–Kier alpha value is -2.36. The van der Waals surface area contributed by atoms with Gasteiger partial charge in [0.2, 0.25) is 0 Å². The van der Waals surface area contributed by atoms with Gasteiger partial charge >= 0.3 is 0 Å². The molecule has 24 heavy (non-hydrogen) atoms. The molecule has 1 saturated heterocycles. The summed E-state index contributed by atoms with van der Waals surface area (Å²) in [4.78, 5) is 26.8. The van der Waals surface area contributed by atoms with Crippen LogP contribution in [0.1, 0.15) is 38.7 Å². The Morgan fingerprint density at radius 1 is 1.33 bits per heavy atom. The Morgan fingerprint density at radius 2 is 2.08 bits per heavy atom. The van der Waals surface area contributed by atoms with E-state index in [0.717, 1.165) is 24.4 Å². The van der Waals surface area contributed by atoms with Gasteiger partial charge in [0.05, 0.1) is 11.9 Å². The Bertz CT molecular complexity index is 733. The summed E-state index contributed by atoms with van der Waals surface area (Å²) in [5, 5.41) is 14.3. The number of rotatable bonds is 4. The van der Waals surface area contributed by atoms with E-state index in [1.807, 2.05) is 4.90 Å². The van der Waals surface area contributed by atoms with Crippen molar-refractivity contribution in [1.29, 1.82) is 0 Å². The van der Waals surface area contributed by atoms with E-state index in [0.29, 0.717) is 41.8 Å². The molecule has 10 heteroatoms. The molecule has 0 radical (unpaired) electrons. The van der Waals surface area contributed by atoms with Gasteiger partial charge in [-0.25, -0.2) is 0 Å². The zero-order valence-corrected chi connectivity index (χ0v) is 14.4. The Balaban J connectivity index is 1.46. The van der Waals surface area contributed by atoms with E-state index in [9.17, 15) is 9.59 Å². The summed E-state index contributed by atoms with van der Waals surface area (Å²) >= 11 is 1.14. The van der Waals surface area contributed by atoms with Gasteiger partial charge in [0.25, 0.3) is 11.8 Å². The first-order chi connectivity index (χ1) is 11.5. The first kappa shape index (κ1) is 16.5. The van der Waals surface area contributed by atoms with E-state index in [-0.39, 0.29) is 11.8 Å². The fraction of sp³-hybridized carbons (Fsp3) is 0.571. The van der Waals surface area contributed by atoms with Crippen LogP contribution in [0, 0.1) is 12.8 Å². The molecule has 1 aliphatic heterocycles. The molecule has 0 bridgehead atoms. The highest BCUT2D eigenvalue weighted by atomic mass is 32.1. The molecular weight excluding hydrogens is 330 g/mol. The lowest BCUT2D eigenvalue weighted by Crippen LogP contribution is -2.41. The molecule has 1 N–H and O–H groups in total. The minimum atomic E-state index is -0.215. The summed E-state index contributed by atoms with van der Waals surface area (Å²) in [7, 11) is 1.72. The number of aryl methyl sites for hydroxylation is 2. The molecule has 2 aromatic rings. The summed E-state index contributed by atoms with van der Waals surface area (Å²) in [5.74, 6) is 0.146. The van der Waals surface area contributed by atoms with E-state index < -0.39 is 0 Å². The van der Waals surface area contributed by atoms with Crippen LogP contribution in [0.15, 0.2) is 6.20 Å². The van der Waals surface area contributed by atoms with Gasteiger partial charge < -0.3 is 10.2 Å². The van der Waals surface area contributed by atoms with Crippen LogP contribution in [0.3, 0.4) is 0 Å². The van der Waals surface area contributed by atoms with E-state index in [2.05, 4.69) is 25.2 Å². The van der Waals surface area contributed by atoms with Crippen molar-refractivity contribution >= 4 is 23.3 Å². The lowest BCUT2D eigenvalue weighted by atomic mass is 9.96. The van der Waals surface area contributed by atoms with Crippen molar-refractivity contribution in [2.45, 2.75) is 19.8 Å². The number of carbonyl (C=O) groups excluding carboxylic acids is 2. The highest BCUT2D eigenvalue weighted by Gasteiger charge is 2.26. The lowest BCUT2D eigenvalue weighted by molar-refractivity contribution is 0.0688. The minimum absolute atomic E-state index is 0.00421. The zero-order valence-electron chi connectivity index (χ0n) is 13.6. The standard InChI is InChI=1S/C14H19N7O2S/c1-9-12(24-19-16-9)14(23)21-5-3-10(4-6-21)7-15-13(22)11-8-20(2)18-17-11/h8,10H,3-7H2,1-2H3,(H,15,22). The van der Waals surface area contributed by atoms with Gasteiger partial charge in [0.15, 0.2) is 5.69 Å². The SMILES string of the molecule is Cc1nnsc1C(=O)N1CCC(CNC(=O)c2cn(C)nn2)CC1. The maximum atomic E-state index is 12.4. The number of carbonyl (C=O) groups is 2. The molecule has 0 spiro atoms. The second-order valence-electron chi connectivity index (χ2n) is 5.91. The van der Waals surface area contributed by atoms with Crippen molar-refractivity contribution in [3.05, 3.63) is 22.5 Å². The summed E-state index contributed by atoms with van der Waals surface area (Å²) in [5.41, 5.74) is 1.00. The lowest BCUT2D eigenvalue weighted by Gasteiger charge is -2.31. The molecular formula is C14H19N7O2S. The van der Waals surface area contributed by atoms with Crippen molar-refractivity contribution in [2.75, 3.05) is 19.6 Å². The van der Waals surface area contributed by atoms with Crippen LogP contribution in [0.2, 0.25) is 0 Å². The van der Waals surface area contributed by atoms with Gasteiger partial charge in [-0.05, 0) is 37.2 Å². The molecule has 3 heterocycles. The van der Waals surface area contributed by atoms with Crippen molar-refractivity contribution in [3.8, 4) is 0 Å². The average Bonchev–Trinajstić information content (AvgIpc) is 3.21. The van der Waals surface area contributed by atoms with Crippen molar-refractivity contribution in [2.24, 2.45) is 13.0 Å². The molecule has 3 rings (SSSR count). The molecule has 128 valence electrons. The topological polar surface area (TPSA) is 106 Å². The summed E-state index contributed by atoms with van der Waals surface area (Å²) < 4.78 is 5.31. The van der Waals surface area contributed by atoms with Crippen LogP contribution >= 0.6 is 11.5 Å². The van der Waals surface area contributed by atoms with Crippen molar-refractivity contribution in [3.63, 3.8) is 0 Å². The second-order valence-corrected chi connectivity index (χ2v) is 6.66. The van der Waals surface area contributed by atoms with Gasteiger partial charge in [-0.2, -0.15) is 0 Å². The largest absolute Gasteiger partial charge is 0.350 e. The van der Waals surface area contributed by atoms with Crippen molar-refractivity contribution in [1.82, 2.24) is 34.8 Å². The number of nitrogens with one attached hydrogen (secondary N) is 1. The third-order valence-electron chi connectivity index (χ3n) is 4.13. The molecule has 9 nitrogen and oxygen atoms in total. The minimum Gasteiger partial charge on any atom is -0.350 e. The average molecular weight is 349 g/mol. The predicted molar refractivity (Wildman–Crippen MR) is 86.6 cm³/mol. The monoisotopic (exact) mass is 349 g/mol. The second kappa shape index (κ2) is 7.04. The number of likely N-dealkylation sites (tertiary alicyclic amines) is 1. The third-order valence-corrected chi connectivity index (χ3v) is 4.95. The summed E-state index contributed by atoms with van der Waals surface area (Å²) in [6, 6.07) is 0. The van der Waals surface area contributed by atoms with Crippen LogP contribution < -0.4 is 5.32 Å². The van der Waals surface area contributed by atoms with E-state index in [4.69, 9.17) is 0 Å². The first-order valence-electron chi connectivity index (χ1n) is 7.77. The summed E-state index contributed by atoms with van der Waals surface area (Å²) in [6.07, 6.45) is 3.30. The highest BCUT2D eigenvalue weighted by molar-refractivity contribution is 7.07. The molecule has 0 saturated carbocycles. The smallest absolute Gasteiger partial charge is 0.273 e. The number of aromatic nitrogens is 5. The Morgan fingerprint density at radius 3 is 2.67 bits per heavy atom. The normalized spacial score (nSPS) is 15.5. The van der Waals surface area contributed by atoms with Gasteiger partial charge in [0.1, 0.15) is 4.88 Å². The van der Waals surface area contributed by atoms with E-state index in [1.54, 1.807) is 20.2 Å². The van der Waals surface area contributed by atoms with Gasteiger partial charge in [-0.3, -0.25) is 14.3 Å². The van der Waals surface area contributed by atoms with Crippen molar-refractivity contribution < 1.29 is 9.59 Å². The van der Waals surface area contributed by atoms with Crippen LogP contribution in [0.25, 0.3) is 0 Å². The van der Waals surface area contributed by atoms with E-state index in [1.165, 1.54) is 4.68 Å². The maximum Gasteiger partial charge on any atom is 0.273 e. The molecule has 0 aliphatic carbocycles. The fourth-order valence-corrected chi connectivity index (χ4v) is 3.32. The predicted octanol–water partition coefficient (Wildman–Crippen LogP) is 0.257. The molecule has 1 fully saturated rings. The van der Waals surface area contributed by atoms with Crippen LogP contribution in [-0.4, -0.2) is 60.9 Å². The van der Waals surface area contributed by atoms with E-state index >= 15 is 0 Å². The quantitative estimate of drug-likeness (QED) is 0.848. The van der Waals surface area contributed by atoms with Gasteiger partial charge in [-0.1, -0.05) is 9.70 Å². The number of hydrogen-bond donors (Lipinski definition) is 1. The maximum absolute atomic E-state index is 12.4. The fourth-order valence-electron chi connectivity index (χ4n) is 2.69. The van der Waals surface area contributed by atoms with Crippen LogP contribution in [0.4, 0.5) is 0 Å². The number of hydrogen-bond acceptors (Lipinski definition) is 7. The Kier molecular flexibility index (Phi) is 4.84. The van der Waals surface area contributed by atoms with Gasteiger partial charge in [-0.15, -0.1) is 10.2 Å². The first-order valence-corrected chi connectivity index (χ1v) is 8.54. The molecule has 2 aromatic heterocycles. The van der Waals surface area contributed by atoms with Crippen LogP contribution in [-0.2, 0) is 7.05 Å². The zero-order chi connectivity index (χ0) is 17.1. The van der Waals surface area contributed by atoms with Crippen LogP contribution in [0.5, 0.6) is 0 Å². The number of amides is 2. The molecule has 0 unspecified atom stereocenters. The molecule has 2 amide bonds. The van der Waals surface area contributed by atoms with Gasteiger partial charge in [0, 0.05) is 26.7 Å². The highest BCUT2D eigenvalue weighted by Crippen LogP contribution is 2.20. The summed E-state index contributed by atoms with van der Waals surface area (Å²) in [6.45, 7) is 3.74. The number of piperidine rings is 1. The Labute approximate surface area is 143 Å². The molecule has 0 atom stereocenters. The third kappa shape index (κ3) is 3.58. The molecule has 0 aromatic carbocycles. The molecule has 1 aliphatic rings.